The molecule has 2 heterocycles. The second kappa shape index (κ2) is 9.39. The maximum absolute atomic E-state index is 13.9. The van der Waals surface area contributed by atoms with Gasteiger partial charge in [-0.3, -0.25) is 14.9 Å². The Morgan fingerprint density at radius 2 is 1.97 bits per heavy atom. The lowest BCUT2D eigenvalue weighted by molar-refractivity contribution is -0.384. The van der Waals surface area contributed by atoms with Gasteiger partial charge in [-0.05, 0) is 30.5 Å². The molecular weight excluding hydrogens is 438 g/mol. The number of carbonyl (C=O) groups is 1. The number of carbonyl (C=O) groups excluding carboxylic acids is 1. The number of nitro benzene ring substituents is 1. The predicted molar refractivity (Wildman–Crippen MR) is 118 cm³/mol. The Hall–Kier alpha value is -3.40. The summed E-state index contributed by atoms with van der Waals surface area (Å²) in [6, 6.07) is 10.0. The van der Waals surface area contributed by atoms with Gasteiger partial charge in [0, 0.05) is 48.6 Å². The average Bonchev–Trinajstić information content (AvgIpc) is 3.22. The maximum Gasteiger partial charge on any atom is 0.292 e. The molecule has 1 amide bonds. The molecular formula is C22H20F2N4O3S. The Kier molecular flexibility index (Phi) is 6.40. The number of halogens is 2. The molecule has 3 aromatic rings. The van der Waals surface area contributed by atoms with Crippen LogP contribution in [0.25, 0.3) is 0 Å². The third-order valence-corrected chi connectivity index (χ3v) is 6.36. The molecule has 32 heavy (non-hydrogen) atoms. The van der Waals surface area contributed by atoms with Crippen LogP contribution in [0.3, 0.4) is 0 Å². The zero-order valence-corrected chi connectivity index (χ0v) is 17.8. The Balaban J connectivity index is 1.33. The highest BCUT2D eigenvalue weighted by atomic mass is 32.1. The number of amides is 1. The van der Waals surface area contributed by atoms with E-state index in [9.17, 15) is 23.7 Å². The highest BCUT2D eigenvalue weighted by Crippen LogP contribution is 2.32. The van der Waals surface area contributed by atoms with Gasteiger partial charge in [-0.15, -0.1) is 11.3 Å². The second-order valence-electron chi connectivity index (χ2n) is 7.54. The zero-order chi connectivity index (χ0) is 22.7. The summed E-state index contributed by atoms with van der Waals surface area (Å²) in [6.07, 6.45) is 2.96. The predicted octanol–water partition coefficient (Wildman–Crippen LogP) is 4.78. The number of aromatic nitrogens is 1. The Morgan fingerprint density at radius 3 is 2.69 bits per heavy atom. The van der Waals surface area contributed by atoms with E-state index >= 15 is 0 Å². The molecule has 1 aliphatic heterocycles. The van der Waals surface area contributed by atoms with E-state index < -0.39 is 16.6 Å². The molecule has 0 aliphatic carbocycles. The van der Waals surface area contributed by atoms with Gasteiger partial charge in [0.15, 0.2) is 5.13 Å². The largest absolute Gasteiger partial charge is 0.366 e. The summed E-state index contributed by atoms with van der Waals surface area (Å²) >= 11 is 1.25. The molecule has 10 heteroatoms. The van der Waals surface area contributed by atoms with Crippen LogP contribution in [0.1, 0.15) is 23.3 Å². The minimum atomic E-state index is -0.628. The minimum absolute atomic E-state index is 0.0586. The smallest absolute Gasteiger partial charge is 0.292 e. The van der Waals surface area contributed by atoms with Crippen molar-refractivity contribution >= 4 is 33.8 Å². The Morgan fingerprint density at radius 1 is 1.22 bits per heavy atom. The number of thiazole rings is 1. The van der Waals surface area contributed by atoms with E-state index in [4.69, 9.17) is 0 Å². The van der Waals surface area contributed by atoms with E-state index in [1.165, 1.54) is 29.5 Å². The second-order valence-corrected chi connectivity index (χ2v) is 8.66. The molecule has 4 rings (SSSR count). The first kappa shape index (κ1) is 21.8. The van der Waals surface area contributed by atoms with Crippen LogP contribution in [0, 0.1) is 27.7 Å². The zero-order valence-electron chi connectivity index (χ0n) is 17.0. The average molecular weight is 458 g/mol. The number of hydrogen-bond acceptors (Lipinski definition) is 6. The summed E-state index contributed by atoms with van der Waals surface area (Å²) < 4.78 is 26.9. The highest BCUT2D eigenvalue weighted by molar-refractivity contribution is 7.15. The minimum Gasteiger partial charge on any atom is -0.366 e. The molecule has 1 N–H and O–H groups in total. The molecule has 1 fully saturated rings. The third kappa shape index (κ3) is 4.91. The quantitative estimate of drug-likeness (QED) is 0.424. The summed E-state index contributed by atoms with van der Waals surface area (Å²) in [7, 11) is 0. The van der Waals surface area contributed by atoms with Gasteiger partial charge in [0.25, 0.3) is 5.69 Å². The first-order chi connectivity index (χ1) is 15.4. The van der Waals surface area contributed by atoms with Crippen LogP contribution in [0.2, 0.25) is 0 Å². The SMILES string of the molecule is O=C(Nc1ncc(Cc2ccc(F)cc2F)s1)C1CCN(c2ccccc2[N+](=O)[O-])CC1. The lowest BCUT2D eigenvalue weighted by atomic mass is 9.95. The lowest BCUT2D eigenvalue weighted by Gasteiger charge is -2.32. The normalized spacial score (nSPS) is 14.4. The summed E-state index contributed by atoms with van der Waals surface area (Å²) in [6.45, 7) is 1.08. The maximum atomic E-state index is 13.9. The molecule has 1 aromatic heterocycles. The third-order valence-electron chi connectivity index (χ3n) is 5.45. The monoisotopic (exact) mass is 458 g/mol. The van der Waals surface area contributed by atoms with Gasteiger partial charge >= 0.3 is 0 Å². The van der Waals surface area contributed by atoms with Gasteiger partial charge in [-0.25, -0.2) is 13.8 Å². The van der Waals surface area contributed by atoms with Crippen LogP contribution in [0.15, 0.2) is 48.7 Å². The van der Waals surface area contributed by atoms with Gasteiger partial charge in [0.1, 0.15) is 17.3 Å². The van der Waals surface area contributed by atoms with Crippen LogP contribution in [0.4, 0.5) is 25.3 Å². The fourth-order valence-electron chi connectivity index (χ4n) is 3.78. The fourth-order valence-corrected chi connectivity index (χ4v) is 4.61. The molecule has 166 valence electrons. The number of nitro groups is 1. The van der Waals surface area contributed by atoms with Crippen LogP contribution in [-0.4, -0.2) is 28.9 Å². The number of hydrogen-bond donors (Lipinski definition) is 1. The van der Waals surface area contributed by atoms with Crippen molar-refractivity contribution in [2.24, 2.45) is 5.92 Å². The topological polar surface area (TPSA) is 88.4 Å². The molecule has 0 bridgehead atoms. The van der Waals surface area contributed by atoms with E-state index in [0.717, 1.165) is 10.9 Å². The molecule has 2 aromatic carbocycles. The molecule has 1 aliphatic rings. The van der Waals surface area contributed by atoms with Crippen LogP contribution < -0.4 is 10.2 Å². The summed E-state index contributed by atoms with van der Waals surface area (Å²) in [5.41, 5.74) is 0.979. The molecule has 0 atom stereocenters. The van der Waals surface area contributed by atoms with Crippen molar-refractivity contribution in [1.82, 2.24) is 4.98 Å². The van der Waals surface area contributed by atoms with Gasteiger partial charge in [0.2, 0.25) is 5.91 Å². The van der Waals surface area contributed by atoms with Gasteiger partial charge in [-0.2, -0.15) is 0 Å². The number of rotatable bonds is 6. The number of nitrogens with one attached hydrogen (secondary N) is 1. The molecule has 0 radical (unpaired) electrons. The van der Waals surface area contributed by atoms with E-state index in [1.54, 1.807) is 24.4 Å². The summed E-state index contributed by atoms with van der Waals surface area (Å²) in [4.78, 5) is 30.4. The Bertz CT molecular complexity index is 1150. The lowest BCUT2D eigenvalue weighted by Crippen LogP contribution is -2.38. The van der Waals surface area contributed by atoms with Crippen molar-refractivity contribution in [1.29, 1.82) is 0 Å². The van der Waals surface area contributed by atoms with E-state index in [-0.39, 0.29) is 23.9 Å². The summed E-state index contributed by atoms with van der Waals surface area (Å²) in [5, 5.41) is 14.5. The van der Waals surface area contributed by atoms with Crippen molar-refractivity contribution < 1.29 is 18.5 Å². The van der Waals surface area contributed by atoms with Crippen molar-refractivity contribution in [3.63, 3.8) is 0 Å². The first-order valence-electron chi connectivity index (χ1n) is 10.1. The molecule has 7 nitrogen and oxygen atoms in total. The standard InChI is InChI=1S/C22H20F2N4O3S/c23-16-6-5-15(18(24)12-16)11-17-13-25-22(32-17)26-21(29)14-7-9-27(10-8-14)19-3-1-2-4-20(19)28(30)31/h1-6,12-14H,7-11H2,(H,25,26,29). The Labute approximate surface area is 186 Å². The van der Waals surface area contributed by atoms with Gasteiger partial charge < -0.3 is 10.2 Å². The van der Waals surface area contributed by atoms with Crippen molar-refractivity contribution in [3.8, 4) is 0 Å². The van der Waals surface area contributed by atoms with Crippen LogP contribution in [-0.2, 0) is 11.2 Å². The number of anilines is 2. The van der Waals surface area contributed by atoms with E-state index in [1.807, 2.05) is 4.90 Å². The number of para-hydroxylation sites is 2. The highest BCUT2D eigenvalue weighted by Gasteiger charge is 2.28. The number of benzene rings is 2. The fraction of sp³-hybridized carbons (Fsp3) is 0.273. The van der Waals surface area contributed by atoms with Gasteiger partial charge in [-0.1, -0.05) is 18.2 Å². The van der Waals surface area contributed by atoms with Crippen LogP contribution in [0.5, 0.6) is 0 Å². The molecule has 0 saturated carbocycles. The van der Waals surface area contributed by atoms with Gasteiger partial charge in [0.05, 0.1) is 4.92 Å². The molecule has 1 saturated heterocycles. The summed E-state index contributed by atoms with van der Waals surface area (Å²) in [5.74, 6) is -1.62. The molecule has 0 spiro atoms. The molecule has 0 unspecified atom stereocenters. The van der Waals surface area contributed by atoms with E-state index in [2.05, 4.69) is 10.3 Å². The van der Waals surface area contributed by atoms with Crippen LogP contribution >= 0.6 is 11.3 Å². The van der Waals surface area contributed by atoms with E-state index in [0.29, 0.717) is 42.3 Å². The first-order valence-corrected chi connectivity index (χ1v) is 10.9. The van der Waals surface area contributed by atoms with Crippen molar-refractivity contribution in [2.75, 3.05) is 23.3 Å². The van der Waals surface area contributed by atoms with Crippen molar-refractivity contribution in [3.05, 3.63) is 80.9 Å². The number of piperidine rings is 1. The van der Waals surface area contributed by atoms with Crippen molar-refractivity contribution in [2.45, 2.75) is 19.3 Å². The number of nitrogens with zero attached hydrogens (tertiary/aromatic N) is 3.